The lowest BCUT2D eigenvalue weighted by Gasteiger charge is -2.28. The van der Waals surface area contributed by atoms with E-state index in [-0.39, 0.29) is 12.0 Å². The van der Waals surface area contributed by atoms with E-state index >= 15 is 0 Å². The van der Waals surface area contributed by atoms with Crippen molar-refractivity contribution in [1.29, 1.82) is 0 Å². The molecule has 0 aromatic heterocycles. The van der Waals surface area contributed by atoms with Gasteiger partial charge in [-0.05, 0) is 18.9 Å². The standard InChI is InChI=1S/C7H15NO3S/c1-6-5-8-4-3-7(6)11-12(2,9)10/h6-8H,3-5H2,1-2H3. The maximum Gasteiger partial charge on any atom is 0.264 e. The summed E-state index contributed by atoms with van der Waals surface area (Å²) in [5.41, 5.74) is 0. The maximum absolute atomic E-state index is 10.8. The highest BCUT2D eigenvalue weighted by Crippen LogP contribution is 2.15. The first-order chi connectivity index (χ1) is 5.49. The van der Waals surface area contributed by atoms with E-state index in [2.05, 4.69) is 5.32 Å². The predicted octanol–water partition coefficient (Wildman–Crippen LogP) is -0.0394. The van der Waals surface area contributed by atoms with Crippen LogP contribution in [0.3, 0.4) is 0 Å². The van der Waals surface area contributed by atoms with Gasteiger partial charge in [0.2, 0.25) is 0 Å². The molecule has 1 rings (SSSR count). The summed E-state index contributed by atoms with van der Waals surface area (Å²) in [7, 11) is -3.28. The Labute approximate surface area is 73.4 Å². The minimum absolute atomic E-state index is 0.138. The van der Waals surface area contributed by atoms with E-state index in [9.17, 15) is 8.42 Å². The molecule has 1 aliphatic heterocycles. The lowest BCUT2D eigenvalue weighted by molar-refractivity contribution is 0.120. The fourth-order valence-electron chi connectivity index (χ4n) is 1.36. The second-order valence-corrected chi connectivity index (χ2v) is 4.91. The van der Waals surface area contributed by atoms with E-state index < -0.39 is 10.1 Å². The summed E-state index contributed by atoms with van der Waals surface area (Å²) in [6.45, 7) is 3.66. The molecule has 1 heterocycles. The Morgan fingerprint density at radius 3 is 2.67 bits per heavy atom. The van der Waals surface area contributed by atoms with Crippen LogP contribution in [0.2, 0.25) is 0 Å². The molecule has 1 aliphatic rings. The highest BCUT2D eigenvalue weighted by Gasteiger charge is 2.24. The lowest BCUT2D eigenvalue weighted by atomic mass is 9.99. The highest BCUT2D eigenvalue weighted by atomic mass is 32.2. The lowest BCUT2D eigenvalue weighted by Crippen LogP contribution is -2.40. The van der Waals surface area contributed by atoms with Gasteiger partial charge in [-0.2, -0.15) is 8.42 Å². The zero-order valence-corrected chi connectivity index (χ0v) is 8.23. The van der Waals surface area contributed by atoms with Gasteiger partial charge >= 0.3 is 0 Å². The van der Waals surface area contributed by atoms with E-state index in [1.165, 1.54) is 0 Å². The third kappa shape index (κ3) is 3.08. The summed E-state index contributed by atoms with van der Waals surface area (Å²) >= 11 is 0. The Morgan fingerprint density at radius 1 is 1.50 bits per heavy atom. The summed E-state index contributed by atoms with van der Waals surface area (Å²) < 4.78 is 26.5. The number of hydrogen-bond acceptors (Lipinski definition) is 4. The molecular weight excluding hydrogens is 178 g/mol. The van der Waals surface area contributed by atoms with Crippen molar-refractivity contribution >= 4 is 10.1 Å². The first-order valence-electron chi connectivity index (χ1n) is 4.08. The van der Waals surface area contributed by atoms with Gasteiger partial charge in [0.15, 0.2) is 0 Å². The maximum atomic E-state index is 10.8. The Kier molecular flexibility index (Phi) is 3.09. The second kappa shape index (κ2) is 3.72. The molecule has 0 aromatic carbocycles. The molecule has 72 valence electrons. The molecule has 1 fully saturated rings. The molecule has 0 amide bonds. The normalized spacial score (nSPS) is 31.8. The first-order valence-corrected chi connectivity index (χ1v) is 5.89. The number of piperidine rings is 1. The largest absolute Gasteiger partial charge is 0.316 e. The van der Waals surface area contributed by atoms with Gasteiger partial charge in [0.1, 0.15) is 0 Å². The Morgan fingerprint density at radius 2 is 2.17 bits per heavy atom. The number of hydrogen-bond donors (Lipinski definition) is 1. The second-order valence-electron chi connectivity index (χ2n) is 3.31. The molecular formula is C7H15NO3S. The van der Waals surface area contributed by atoms with Gasteiger partial charge in [-0.1, -0.05) is 6.92 Å². The third-order valence-corrected chi connectivity index (χ3v) is 2.60. The van der Waals surface area contributed by atoms with E-state index in [1.807, 2.05) is 6.92 Å². The minimum atomic E-state index is -3.28. The quantitative estimate of drug-likeness (QED) is 0.625. The van der Waals surface area contributed by atoms with Crippen molar-refractivity contribution in [3.05, 3.63) is 0 Å². The molecule has 0 spiro atoms. The van der Waals surface area contributed by atoms with Crippen molar-refractivity contribution < 1.29 is 12.6 Å². The van der Waals surface area contributed by atoms with Crippen molar-refractivity contribution in [2.24, 2.45) is 5.92 Å². The summed E-state index contributed by atoms with van der Waals surface area (Å²) in [5, 5.41) is 3.18. The SMILES string of the molecule is CC1CNCCC1OS(C)(=O)=O. The van der Waals surface area contributed by atoms with E-state index in [0.717, 1.165) is 25.8 Å². The van der Waals surface area contributed by atoms with Crippen LogP contribution in [0.15, 0.2) is 0 Å². The van der Waals surface area contributed by atoms with Gasteiger partial charge in [-0.25, -0.2) is 0 Å². The predicted molar refractivity (Wildman–Crippen MR) is 46.4 cm³/mol. The van der Waals surface area contributed by atoms with Crippen molar-refractivity contribution in [2.75, 3.05) is 19.3 Å². The van der Waals surface area contributed by atoms with Gasteiger partial charge < -0.3 is 5.32 Å². The Hall–Kier alpha value is -0.130. The van der Waals surface area contributed by atoms with Crippen molar-refractivity contribution in [3.63, 3.8) is 0 Å². The molecule has 2 atom stereocenters. The molecule has 12 heavy (non-hydrogen) atoms. The average molecular weight is 193 g/mol. The van der Waals surface area contributed by atoms with Gasteiger partial charge in [0, 0.05) is 6.54 Å². The van der Waals surface area contributed by atoms with Crippen LogP contribution < -0.4 is 5.32 Å². The van der Waals surface area contributed by atoms with Gasteiger partial charge in [-0.15, -0.1) is 0 Å². The summed E-state index contributed by atoms with van der Waals surface area (Å²) in [5.74, 6) is 0.272. The first kappa shape index (κ1) is 9.95. The molecule has 0 bridgehead atoms. The van der Waals surface area contributed by atoms with Gasteiger partial charge in [0.05, 0.1) is 12.4 Å². The van der Waals surface area contributed by atoms with E-state index in [4.69, 9.17) is 4.18 Å². The molecule has 0 aliphatic carbocycles. The van der Waals surface area contributed by atoms with Crippen LogP contribution in [0.1, 0.15) is 13.3 Å². The van der Waals surface area contributed by atoms with Gasteiger partial charge in [-0.3, -0.25) is 4.18 Å². The van der Waals surface area contributed by atoms with E-state index in [0.29, 0.717) is 0 Å². The van der Waals surface area contributed by atoms with Crippen LogP contribution in [-0.4, -0.2) is 33.9 Å². The fourth-order valence-corrected chi connectivity index (χ4v) is 2.09. The summed E-state index contributed by atoms with van der Waals surface area (Å²) in [6.07, 6.45) is 1.73. The zero-order chi connectivity index (χ0) is 9.19. The number of nitrogens with one attached hydrogen (secondary N) is 1. The van der Waals surface area contributed by atoms with Crippen molar-refractivity contribution in [3.8, 4) is 0 Å². The van der Waals surface area contributed by atoms with Crippen LogP contribution in [0, 0.1) is 5.92 Å². The average Bonchev–Trinajstić information content (AvgIpc) is 1.91. The number of rotatable bonds is 2. The topological polar surface area (TPSA) is 55.4 Å². The van der Waals surface area contributed by atoms with E-state index in [1.54, 1.807) is 0 Å². The van der Waals surface area contributed by atoms with Gasteiger partial charge in [0.25, 0.3) is 10.1 Å². The smallest absolute Gasteiger partial charge is 0.264 e. The zero-order valence-electron chi connectivity index (χ0n) is 7.41. The molecule has 0 aromatic rings. The van der Waals surface area contributed by atoms with Crippen molar-refractivity contribution in [1.82, 2.24) is 5.32 Å². The van der Waals surface area contributed by atoms with Crippen LogP contribution in [0.25, 0.3) is 0 Å². The van der Waals surface area contributed by atoms with Crippen LogP contribution in [0.5, 0.6) is 0 Å². The Bertz CT molecular complexity index is 237. The minimum Gasteiger partial charge on any atom is -0.316 e. The molecule has 1 N–H and O–H groups in total. The molecule has 5 heteroatoms. The molecule has 0 radical (unpaired) electrons. The van der Waals surface area contributed by atoms with Crippen LogP contribution in [0.4, 0.5) is 0 Å². The highest BCUT2D eigenvalue weighted by molar-refractivity contribution is 7.86. The summed E-state index contributed by atoms with van der Waals surface area (Å²) in [6, 6.07) is 0. The van der Waals surface area contributed by atoms with Crippen LogP contribution >= 0.6 is 0 Å². The third-order valence-electron chi connectivity index (χ3n) is 2.01. The van der Waals surface area contributed by atoms with Crippen LogP contribution in [-0.2, 0) is 14.3 Å². The monoisotopic (exact) mass is 193 g/mol. The summed E-state index contributed by atoms with van der Waals surface area (Å²) in [4.78, 5) is 0. The molecule has 2 unspecified atom stereocenters. The molecule has 1 saturated heterocycles. The van der Waals surface area contributed by atoms with Crippen molar-refractivity contribution in [2.45, 2.75) is 19.4 Å². The fraction of sp³-hybridized carbons (Fsp3) is 1.00. The molecule has 4 nitrogen and oxygen atoms in total. The Balaban J connectivity index is 2.50. The molecule has 0 saturated carbocycles.